The molecule has 0 aliphatic heterocycles. The quantitative estimate of drug-likeness (QED) is 0.663. The average molecular weight is 339 g/mol. The van der Waals surface area contributed by atoms with E-state index in [1.54, 1.807) is 25.3 Å². The van der Waals surface area contributed by atoms with Crippen molar-refractivity contribution in [3.8, 4) is 5.75 Å². The molecule has 1 atom stereocenters. The normalized spacial score (nSPS) is 12.2. The molecule has 0 aliphatic carbocycles. The lowest BCUT2D eigenvalue weighted by Gasteiger charge is -2.19. The summed E-state index contributed by atoms with van der Waals surface area (Å²) >= 11 is 3.19. The minimum Gasteiger partial charge on any atom is -0.496 e. The maximum atomic E-state index is 14.2. The zero-order valence-electron chi connectivity index (χ0n) is 11.3. The second kappa shape index (κ2) is 6.35. The molecular weight excluding hydrogens is 323 g/mol. The number of hydrazine groups is 1. The molecule has 0 amide bonds. The van der Waals surface area contributed by atoms with Crippen LogP contribution in [0, 0.1) is 12.7 Å². The number of nitrogens with two attached hydrogens (primary N) is 1. The molecule has 2 aromatic carbocycles. The second-order valence-electron chi connectivity index (χ2n) is 4.47. The first-order chi connectivity index (χ1) is 9.58. The highest BCUT2D eigenvalue weighted by Crippen LogP contribution is 2.30. The lowest BCUT2D eigenvalue weighted by atomic mass is 9.97. The smallest absolute Gasteiger partial charge is 0.142 e. The molecule has 2 rings (SSSR count). The summed E-state index contributed by atoms with van der Waals surface area (Å²) in [4.78, 5) is 0. The molecule has 0 heterocycles. The molecule has 0 saturated heterocycles. The van der Waals surface area contributed by atoms with E-state index in [0.717, 1.165) is 16.9 Å². The van der Waals surface area contributed by atoms with Gasteiger partial charge in [-0.3, -0.25) is 5.84 Å². The SMILES string of the molecule is COc1ccc(C(NN)c2cccc(Br)c2F)cc1C. The Morgan fingerprint density at radius 3 is 2.65 bits per heavy atom. The number of aryl methyl sites for hydroxylation is 1. The van der Waals surface area contributed by atoms with Gasteiger partial charge in [0, 0.05) is 5.56 Å². The molecule has 0 aliphatic rings. The lowest BCUT2D eigenvalue weighted by molar-refractivity contribution is 0.411. The predicted molar refractivity (Wildman–Crippen MR) is 81.0 cm³/mol. The Labute approximate surface area is 126 Å². The number of hydrogen-bond donors (Lipinski definition) is 2. The molecule has 0 aromatic heterocycles. The van der Waals surface area contributed by atoms with Crippen LogP contribution in [0.5, 0.6) is 5.75 Å². The number of methoxy groups -OCH3 is 1. The van der Waals surface area contributed by atoms with Crippen LogP contribution >= 0.6 is 15.9 Å². The predicted octanol–water partition coefficient (Wildman–Crippen LogP) is 3.46. The second-order valence-corrected chi connectivity index (χ2v) is 5.33. The van der Waals surface area contributed by atoms with E-state index in [0.29, 0.717) is 10.0 Å². The van der Waals surface area contributed by atoms with Gasteiger partial charge >= 0.3 is 0 Å². The summed E-state index contributed by atoms with van der Waals surface area (Å²) in [5.41, 5.74) is 5.01. The van der Waals surface area contributed by atoms with Gasteiger partial charge in [-0.25, -0.2) is 9.82 Å². The van der Waals surface area contributed by atoms with Crippen molar-refractivity contribution in [2.75, 3.05) is 7.11 Å². The van der Waals surface area contributed by atoms with Crippen LogP contribution in [-0.4, -0.2) is 7.11 Å². The first-order valence-corrected chi connectivity index (χ1v) is 6.92. The zero-order valence-corrected chi connectivity index (χ0v) is 12.9. The first kappa shape index (κ1) is 15.0. The highest BCUT2D eigenvalue weighted by atomic mass is 79.9. The van der Waals surface area contributed by atoms with Crippen molar-refractivity contribution >= 4 is 15.9 Å². The van der Waals surface area contributed by atoms with Gasteiger partial charge in [-0.1, -0.05) is 24.3 Å². The van der Waals surface area contributed by atoms with Gasteiger partial charge in [0.25, 0.3) is 0 Å². The van der Waals surface area contributed by atoms with Crippen LogP contribution in [0.25, 0.3) is 0 Å². The summed E-state index contributed by atoms with van der Waals surface area (Å²) in [6.07, 6.45) is 0. The molecule has 20 heavy (non-hydrogen) atoms. The molecule has 5 heteroatoms. The third kappa shape index (κ3) is 2.85. The van der Waals surface area contributed by atoms with Crippen LogP contribution in [0.2, 0.25) is 0 Å². The Bertz CT molecular complexity index is 619. The molecule has 0 bridgehead atoms. The number of nitrogens with one attached hydrogen (secondary N) is 1. The summed E-state index contributed by atoms with van der Waals surface area (Å²) in [7, 11) is 1.62. The van der Waals surface area contributed by atoms with Crippen LogP contribution < -0.4 is 16.0 Å². The molecule has 0 radical (unpaired) electrons. The Hall–Kier alpha value is -1.43. The number of halogens is 2. The summed E-state index contributed by atoms with van der Waals surface area (Å²) < 4.78 is 19.8. The van der Waals surface area contributed by atoms with E-state index in [1.807, 2.05) is 25.1 Å². The third-order valence-electron chi connectivity index (χ3n) is 3.21. The van der Waals surface area contributed by atoms with Crippen molar-refractivity contribution in [2.45, 2.75) is 13.0 Å². The van der Waals surface area contributed by atoms with Gasteiger partial charge in [-0.05, 0) is 46.1 Å². The van der Waals surface area contributed by atoms with E-state index >= 15 is 0 Å². The molecule has 0 spiro atoms. The van der Waals surface area contributed by atoms with Gasteiger partial charge in [0.05, 0.1) is 17.6 Å². The van der Waals surface area contributed by atoms with Crippen LogP contribution in [-0.2, 0) is 0 Å². The highest BCUT2D eigenvalue weighted by Gasteiger charge is 2.18. The van der Waals surface area contributed by atoms with E-state index in [1.165, 1.54) is 0 Å². The van der Waals surface area contributed by atoms with Crippen molar-refractivity contribution in [1.29, 1.82) is 0 Å². The number of hydrogen-bond acceptors (Lipinski definition) is 3. The van der Waals surface area contributed by atoms with Crippen LogP contribution in [0.3, 0.4) is 0 Å². The fraction of sp³-hybridized carbons (Fsp3) is 0.200. The van der Waals surface area contributed by atoms with Gasteiger partial charge in [0.1, 0.15) is 11.6 Å². The molecule has 106 valence electrons. The van der Waals surface area contributed by atoms with Gasteiger partial charge in [-0.2, -0.15) is 0 Å². The largest absolute Gasteiger partial charge is 0.496 e. The van der Waals surface area contributed by atoms with E-state index in [4.69, 9.17) is 10.6 Å². The van der Waals surface area contributed by atoms with E-state index in [9.17, 15) is 4.39 Å². The minimum atomic E-state index is -0.419. The minimum absolute atomic E-state index is 0.316. The van der Waals surface area contributed by atoms with Crippen molar-refractivity contribution < 1.29 is 9.13 Å². The molecule has 0 saturated carbocycles. The molecule has 0 fully saturated rings. The Morgan fingerprint density at radius 1 is 1.30 bits per heavy atom. The fourth-order valence-corrected chi connectivity index (χ4v) is 2.57. The van der Waals surface area contributed by atoms with Crippen molar-refractivity contribution in [2.24, 2.45) is 5.84 Å². The van der Waals surface area contributed by atoms with E-state index < -0.39 is 6.04 Å². The van der Waals surface area contributed by atoms with Gasteiger partial charge in [0.15, 0.2) is 0 Å². The number of rotatable bonds is 4. The van der Waals surface area contributed by atoms with E-state index in [-0.39, 0.29) is 5.82 Å². The number of benzene rings is 2. The zero-order chi connectivity index (χ0) is 14.7. The topological polar surface area (TPSA) is 47.3 Å². The Balaban J connectivity index is 2.47. The lowest BCUT2D eigenvalue weighted by Crippen LogP contribution is -2.29. The Morgan fingerprint density at radius 2 is 2.05 bits per heavy atom. The molecule has 1 unspecified atom stereocenters. The third-order valence-corrected chi connectivity index (χ3v) is 3.82. The first-order valence-electron chi connectivity index (χ1n) is 6.13. The van der Waals surface area contributed by atoms with Gasteiger partial charge in [0.2, 0.25) is 0 Å². The summed E-state index contributed by atoms with van der Waals surface area (Å²) in [6.45, 7) is 1.94. The fourth-order valence-electron chi connectivity index (χ4n) is 2.19. The molecule has 3 N–H and O–H groups in total. The van der Waals surface area contributed by atoms with Crippen LogP contribution in [0.4, 0.5) is 4.39 Å². The molecular formula is C15H16BrFN2O. The maximum absolute atomic E-state index is 14.2. The summed E-state index contributed by atoms with van der Waals surface area (Å²) in [6, 6.07) is 10.4. The summed E-state index contributed by atoms with van der Waals surface area (Å²) in [5.74, 6) is 6.09. The molecule has 2 aromatic rings. The Kier molecular flexibility index (Phi) is 4.75. The van der Waals surface area contributed by atoms with Gasteiger partial charge in [-0.15, -0.1) is 0 Å². The summed E-state index contributed by atoms with van der Waals surface area (Å²) in [5, 5.41) is 0. The average Bonchev–Trinajstić information content (AvgIpc) is 2.44. The van der Waals surface area contributed by atoms with Crippen molar-refractivity contribution in [1.82, 2.24) is 5.43 Å². The maximum Gasteiger partial charge on any atom is 0.142 e. The molecule has 3 nitrogen and oxygen atoms in total. The van der Waals surface area contributed by atoms with E-state index in [2.05, 4.69) is 21.4 Å². The van der Waals surface area contributed by atoms with Crippen LogP contribution in [0.1, 0.15) is 22.7 Å². The van der Waals surface area contributed by atoms with Crippen molar-refractivity contribution in [3.05, 3.63) is 63.4 Å². The highest BCUT2D eigenvalue weighted by molar-refractivity contribution is 9.10. The van der Waals surface area contributed by atoms with Crippen molar-refractivity contribution in [3.63, 3.8) is 0 Å². The van der Waals surface area contributed by atoms with Crippen LogP contribution in [0.15, 0.2) is 40.9 Å². The number of ether oxygens (including phenoxy) is 1. The standard InChI is InChI=1S/C15H16BrFN2O/c1-9-8-10(6-7-13(9)20-2)15(19-18)11-4-3-5-12(16)14(11)17/h3-8,15,19H,18H2,1-2H3. The van der Waals surface area contributed by atoms with Gasteiger partial charge < -0.3 is 4.74 Å². The monoisotopic (exact) mass is 338 g/mol.